The van der Waals surface area contributed by atoms with Gasteiger partial charge >= 0.3 is 0 Å². The smallest absolute Gasteiger partial charge is 0.222 e. The van der Waals surface area contributed by atoms with Gasteiger partial charge in [0.1, 0.15) is 0 Å². The van der Waals surface area contributed by atoms with Gasteiger partial charge in [0.25, 0.3) is 0 Å². The molecule has 1 aromatic rings. The van der Waals surface area contributed by atoms with Crippen LogP contribution in [0.25, 0.3) is 0 Å². The third-order valence-corrected chi connectivity index (χ3v) is 3.40. The molecule has 1 fully saturated rings. The van der Waals surface area contributed by atoms with Crippen LogP contribution in [0.5, 0.6) is 0 Å². The minimum atomic E-state index is -0.102. The standard InChI is InChI=1S/C14H19ClN2O/c1-9(16)8-13(18)17-14(10-2-3-10)11-4-6-12(15)7-5-11/h4-7,9-10,14H,2-3,8,16H2,1H3,(H,17,18). The number of nitrogens with one attached hydrogen (secondary N) is 1. The molecule has 3 nitrogen and oxygen atoms in total. The lowest BCUT2D eigenvalue weighted by Crippen LogP contribution is -2.33. The Morgan fingerprint density at radius 1 is 1.44 bits per heavy atom. The van der Waals surface area contributed by atoms with Gasteiger partial charge in [0.2, 0.25) is 5.91 Å². The van der Waals surface area contributed by atoms with Gasteiger partial charge in [-0.3, -0.25) is 4.79 Å². The summed E-state index contributed by atoms with van der Waals surface area (Å²) in [4.78, 5) is 11.8. The molecule has 0 heterocycles. The Labute approximate surface area is 113 Å². The Bertz CT molecular complexity index is 412. The van der Waals surface area contributed by atoms with Gasteiger partial charge < -0.3 is 11.1 Å². The van der Waals surface area contributed by atoms with E-state index in [-0.39, 0.29) is 18.0 Å². The molecular weight excluding hydrogens is 248 g/mol. The van der Waals surface area contributed by atoms with Crippen LogP contribution in [0.4, 0.5) is 0 Å². The monoisotopic (exact) mass is 266 g/mol. The number of carbonyl (C=O) groups is 1. The Kier molecular flexibility index (Phi) is 4.25. The zero-order chi connectivity index (χ0) is 13.1. The van der Waals surface area contributed by atoms with Crippen LogP contribution in [0.15, 0.2) is 24.3 Å². The molecule has 4 heteroatoms. The highest BCUT2D eigenvalue weighted by molar-refractivity contribution is 6.30. The normalized spacial score (nSPS) is 18.2. The molecule has 1 saturated carbocycles. The molecule has 0 spiro atoms. The highest BCUT2D eigenvalue weighted by Gasteiger charge is 2.33. The van der Waals surface area contributed by atoms with Gasteiger partial charge in [-0.15, -0.1) is 0 Å². The molecule has 0 aliphatic heterocycles. The molecule has 2 unspecified atom stereocenters. The van der Waals surface area contributed by atoms with E-state index < -0.39 is 0 Å². The zero-order valence-electron chi connectivity index (χ0n) is 10.5. The number of hydrogen-bond donors (Lipinski definition) is 2. The van der Waals surface area contributed by atoms with E-state index in [2.05, 4.69) is 5.32 Å². The van der Waals surface area contributed by atoms with Crippen LogP contribution in [-0.2, 0) is 4.79 Å². The van der Waals surface area contributed by atoms with Crippen molar-refractivity contribution in [3.63, 3.8) is 0 Å². The maximum Gasteiger partial charge on any atom is 0.222 e. The zero-order valence-corrected chi connectivity index (χ0v) is 11.3. The maximum atomic E-state index is 11.8. The summed E-state index contributed by atoms with van der Waals surface area (Å²) in [7, 11) is 0. The van der Waals surface area contributed by atoms with E-state index in [1.807, 2.05) is 31.2 Å². The number of halogens is 1. The lowest BCUT2D eigenvalue weighted by atomic mass is 10.0. The minimum Gasteiger partial charge on any atom is -0.349 e. The molecule has 2 atom stereocenters. The van der Waals surface area contributed by atoms with E-state index in [1.165, 1.54) is 12.8 Å². The molecule has 1 aromatic carbocycles. The van der Waals surface area contributed by atoms with E-state index in [0.29, 0.717) is 12.3 Å². The van der Waals surface area contributed by atoms with Crippen LogP contribution in [0.3, 0.4) is 0 Å². The number of carbonyl (C=O) groups excluding carboxylic acids is 1. The molecular formula is C14H19ClN2O. The first-order valence-electron chi connectivity index (χ1n) is 6.36. The van der Waals surface area contributed by atoms with Crippen LogP contribution in [0.1, 0.15) is 37.8 Å². The molecule has 3 N–H and O–H groups in total. The van der Waals surface area contributed by atoms with Gasteiger partial charge in [0.15, 0.2) is 0 Å². The summed E-state index contributed by atoms with van der Waals surface area (Å²) >= 11 is 5.88. The molecule has 0 saturated heterocycles. The summed E-state index contributed by atoms with van der Waals surface area (Å²) in [5.74, 6) is 0.583. The first-order valence-corrected chi connectivity index (χ1v) is 6.74. The molecule has 1 amide bonds. The van der Waals surface area contributed by atoms with Crippen molar-refractivity contribution in [3.8, 4) is 0 Å². The Morgan fingerprint density at radius 2 is 2.06 bits per heavy atom. The van der Waals surface area contributed by atoms with Gasteiger partial charge in [0.05, 0.1) is 6.04 Å². The van der Waals surface area contributed by atoms with E-state index in [4.69, 9.17) is 17.3 Å². The number of amides is 1. The average molecular weight is 267 g/mol. The number of hydrogen-bond acceptors (Lipinski definition) is 2. The number of benzene rings is 1. The summed E-state index contributed by atoms with van der Waals surface area (Å²) in [6.45, 7) is 1.84. The van der Waals surface area contributed by atoms with Crippen LogP contribution in [-0.4, -0.2) is 11.9 Å². The fraction of sp³-hybridized carbons (Fsp3) is 0.500. The minimum absolute atomic E-state index is 0.0249. The van der Waals surface area contributed by atoms with Crippen molar-refractivity contribution in [1.29, 1.82) is 0 Å². The quantitative estimate of drug-likeness (QED) is 0.861. The third-order valence-electron chi connectivity index (χ3n) is 3.15. The van der Waals surface area contributed by atoms with E-state index >= 15 is 0 Å². The summed E-state index contributed by atoms with van der Waals surface area (Å²) in [5, 5.41) is 3.80. The topological polar surface area (TPSA) is 55.1 Å². The van der Waals surface area contributed by atoms with Gasteiger partial charge in [-0.25, -0.2) is 0 Å². The first kappa shape index (κ1) is 13.4. The third kappa shape index (κ3) is 3.72. The highest BCUT2D eigenvalue weighted by atomic mass is 35.5. The molecule has 0 bridgehead atoms. The molecule has 1 aliphatic rings. The number of rotatable bonds is 5. The molecule has 1 aliphatic carbocycles. The lowest BCUT2D eigenvalue weighted by Gasteiger charge is -2.19. The van der Waals surface area contributed by atoms with Crippen molar-refractivity contribution in [2.75, 3.05) is 0 Å². The molecule has 98 valence electrons. The van der Waals surface area contributed by atoms with Crippen LogP contribution < -0.4 is 11.1 Å². The summed E-state index contributed by atoms with van der Waals surface area (Å²) in [6.07, 6.45) is 2.72. The van der Waals surface area contributed by atoms with Crippen molar-refractivity contribution < 1.29 is 4.79 Å². The average Bonchev–Trinajstić information content (AvgIpc) is 3.10. The van der Waals surface area contributed by atoms with Crippen LogP contribution in [0.2, 0.25) is 5.02 Å². The summed E-state index contributed by atoms with van der Waals surface area (Å²) in [5.41, 5.74) is 6.77. The molecule has 0 radical (unpaired) electrons. The summed E-state index contributed by atoms with van der Waals surface area (Å²) in [6, 6.07) is 7.70. The van der Waals surface area contributed by atoms with E-state index in [1.54, 1.807) is 0 Å². The van der Waals surface area contributed by atoms with Gasteiger partial charge in [-0.1, -0.05) is 23.7 Å². The van der Waals surface area contributed by atoms with Crippen LogP contribution >= 0.6 is 11.6 Å². The van der Waals surface area contributed by atoms with Crippen molar-refractivity contribution in [1.82, 2.24) is 5.32 Å². The van der Waals surface area contributed by atoms with E-state index in [9.17, 15) is 4.79 Å². The highest BCUT2D eigenvalue weighted by Crippen LogP contribution is 2.41. The van der Waals surface area contributed by atoms with Gasteiger partial charge in [0, 0.05) is 17.5 Å². The van der Waals surface area contributed by atoms with Crippen LogP contribution in [0, 0.1) is 5.92 Å². The van der Waals surface area contributed by atoms with Gasteiger partial charge in [-0.05, 0) is 43.4 Å². The second-order valence-electron chi connectivity index (χ2n) is 5.12. The fourth-order valence-electron chi connectivity index (χ4n) is 2.10. The van der Waals surface area contributed by atoms with Crippen molar-refractivity contribution in [3.05, 3.63) is 34.9 Å². The maximum absolute atomic E-state index is 11.8. The molecule has 2 rings (SSSR count). The van der Waals surface area contributed by atoms with E-state index in [0.717, 1.165) is 10.6 Å². The predicted molar refractivity (Wildman–Crippen MR) is 73.3 cm³/mol. The molecule has 0 aromatic heterocycles. The van der Waals surface area contributed by atoms with Crippen molar-refractivity contribution >= 4 is 17.5 Å². The predicted octanol–water partition coefficient (Wildman–Crippen LogP) is 2.64. The lowest BCUT2D eigenvalue weighted by molar-refractivity contribution is -0.122. The first-order chi connectivity index (χ1) is 8.56. The Hall–Kier alpha value is -1.06. The fourth-order valence-corrected chi connectivity index (χ4v) is 2.22. The van der Waals surface area contributed by atoms with Crippen molar-refractivity contribution in [2.24, 2.45) is 11.7 Å². The van der Waals surface area contributed by atoms with Crippen molar-refractivity contribution in [2.45, 2.75) is 38.3 Å². The SMILES string of the molecule is CC(N)CC(=O)NC(c1ccc(Cl)cc1)C1CC1. The largest absolute Gasteiger partial charge is 0.349 e. The second-order valence-corrected chi connectivity index (χ2v) is 5.55. The Morgan fingerprint density at radius 3 is 2.56 bits per heavy atom. The summed E-state index contributed by atoms with van der Waals surface area (Å²) < 4.78 is 0. The Balaban J connectivity index is 2.04. The number of nitrogens with two attached hydrogens (primary N) is 1. The second kappa shape index (κ2) is 5.72. The molecule has 18 heavy (non-hydrogen) atoms. The van der Waals surface area contributed by atoms with Gasteiger partial charge in [-0.2, -0.15) is 0 Å².